The summed E-state index contributed by atoms with van der Waals surface area (Å²) in [5.41, 5.74) is 4.05. The Morgan fingerprint density at radius 1 is 1.17 bits per heavy atom. The minimum Gasteiger partial charge on any atom is -0.381 e. The zero-order valence-corrected chi connectivity index (χ0v) is 13.3. The summed E-state index contributed by atoms with van der Waals surface area (Å²) in [4.78, 5) is 21.0. The highest BCUT2D eigenvalue weighted by molar-refractivity contribution is 5.81. The van der Waals surface area contributed by atoms with Crippen LogP contribution in [0.4, 0.5) is 5.69 Å². The molecule has 0 radical (unpaired) electrons. The molecule has 0 spiro atoms. The Kier molecular flexibility index (Phi) is 4.28. The van der Waals surface area contributed by atoms with E-state index in [0.29, 0.717) is 13.0 Å². The van der Waals surface area contributed by atoms with Crippen LogP contribution in [-0.4, -0.2) is 34.9 Å². The van der Waals surface area contributed by atoms with Gasteiger partial charge in [0.05, 0.1) is 6.42 Å². The Labute approximate surface area is 135 Å². The van der Waals surface area contributed by atoms with Gasteiger partial charge in [0.1, 0.15) is 5.65 Å². The van der Waals surface area contributed by atoms with Crippen LogP contribution in [0.3, 0.4) is 0 Å². The molecule has 0 saturated heterocycles. The highest BCUT2D eigenvalue weighted by Crippen LogP contribution is 2.20. The minimum atomic E-state index is 0.0937. The average molecular weight is 308 g/mol. The van der Waals surface area contributed by atoms with Gasteiger partial charge in [-0.3, -0.25) is 4.79 Å². The number of anilines is 1. The maximum absolute atomic E-state index is 12.0. The quantitative estimate of drug-likeness (QED) is 0.762. The van der Waals surface area contributed by atoms with Crippen LogP contribution in [0.2, 0.25) is 0 Å². The second kappa shape index (κ2) is 6.52. The van der Waals surface area contributed by atoms with Gasteiger partial charge in [0.2, 0.25) is 5.91 Å². The molecule has 118 valence electrons. The molecule has 2 aromatic heterocycles. The Bertz CT molecular complexity index is 823. The number of pyridine rings is 1. The van der Waals surface area contributed by atoms with E-state index in [1.165, 1.54) is 5.56 Å². The molecule has 3 rings (SSSR count). The van der Waals surface area contributed by atoms with Crippen molar-refractivity contribution in [3.63, 3.8) is 0 Å². The van der Waals surface area contributed by atoms with E-state index in [1.54, 1.807) is 25.2 Å². The molecule has 1 amide bonds. The maximum atomic E-state index is 12.0. The van der Waals surface area contributed by atoms with E-state index in [2.05, 4.69) is 15.3 Å². The normalized spacial score (nSPS) is 10.7. The number of carbonyl (C=O) groups is 1. The van der Waals surface area contributed by atoms with E-state index in [1.807, 2.05) is 42.6 Å². The Balaban J connectivity index is 1.78. The van der Waals surface area contributed by atoms with Gasteiger partial charge in [0, 0.05) is 44.1 Å². The molecule has 5 nitrogen and oxygen atoms in total. The minimum absolute atomic E-state index is 0.0937. The number of para-hydroxylation sites is 1. The van der Waals surface area contributed by atoms with Gasteiger partial charge >= 0.3 is 0 Å². The Morgan fingerprint density at radius 2 is 2.00 bits per heavy atom. The van der Waals surface area contributed by atoms with Gasteiger partial charge in [-0.2, -0.15) is 0 Å². The predicted molar refractivity (Wildman–Crippen MR) is 92.3 cm³/mol. The van der Waals surface area contributed by atoms with Gasteiger partial charge < -0.3 is 15.2 Å². The highest BCUT2D eigenvalue weighted by Gasteiger charge is 2.10. The molecule has 5 heteroatoms. The van der Waals surface area contributed by atoms with Crippen LogP contribution in [0.25, 0.3) is 11.0 Å². The number of hydrogen-bond donors (Lipinski definition) is 2. The van der Waals surface area contributed by atoms with E-state index in [0.717, 1.165) is 22.3 Å². The van der Waals surface area contributed by atoms with Crippen LogP contribution in [0.1, 0.15) is 11.1 Å². The summed E-state index contributed by atoms with van der Waals surface area (Å²) in [5, 5.41) is 4.56. The summed E-state index contributed by atoms with van der Waals surface area (Å²) in [6.45, 7) is 0.685. The SMILES string of the molecule is CN(C)C(=O)Cc1ccccc1NCc1ccnc2[nH]ccc12. The predicted octanol–water partition coefficient (Wildman–Crippen LogP) is 2.81. The van der Waals surface area contributed by atoms with Crippen LogP contribution in [0, 0.1) is 0 Å². The summed E-state index contributed by atoms with van der Waals surface area (Å²) in [7, 11) is 3.55. The standard InChI is InChI=1S/C18H20N4O/c1-22(2)17(23)11-13-5-3-4-6-16(13)21-12-14-7-9-19-18-15(14)8-10-20-18/h3-10,21H,11-12H2,1-2H3,(H,19,20). The maximum Gasteiger partial charge on any atom is 0.226 e. The Morgan fingerprint density at radius 3 is 2.83 bits per heavy atom. The highest BCUT2D eigenvalue weighted by atomic mass is 16.2. The molecular weight excluding hydrogens is 288 g/mol. The Hall–Kier alpha value is -2.82. The van der Waals surface area contributed by atoms with Crippen molar-refractivity contribution in [1.29, 1.82) is 0 Å². The topological polar surface area (TPSA) is 61.0 Å². The summed E-state index contributed by atoms with van der Waals surface area (Å²) in [5.74, 6) is 0.0937. The first-order chi connectivity index (χ1) is 11.1. The van der Waals surface area contributed by atoms with E-state index < -0.39 is 0 Å². The van der Waals surface area contributed by atoms with Crippen LogP contribution < -0.4 is 5.32 Å². The molecule has 3 aromatic rings. The third kappa shape index (κ3) is 3.34. The molecule has 0 fully saturated rings. The van der Waals surface area contributed by atoms with Gasteiger partial charge in [-0.15, -0.1) is 0 Å². The molecule has 0 atom stereocenters. The second-order valence-corrected chi connectivity index (χ2v) is 5.69. The molecule has 2 N–H and O–H groups in total. The number of nitrogens with zero attached hydrogens (tertiary/aromatic N) is 2. The van der Waals surface area contributed by atoms with Gasteiger partial charge in [0.15, 0.2) is 0 Å². The van der Waals surface area contributed by atoms with E-state index in [4.69, 9.17) is 0 Å². The van der Waals surface area contributed by atoms with Crippen molar-refractivity contribution in [2.45, 2.75) is 13.0 Å². The molecule has 1 aromatic carbocycles. The fourth-order valence-corrected chi connectivity index (χ4v) is 2.53. The zero-order chi connectivity index (χ0) is 16.2. The van der Waals surface area contributed by atoms with Gasteiger partial charge in [-0.1, -0.05) is 18.2 Å². The molecule has 23 heavy (non-hydrogen) atoms. The van der Waals surface area contributed by atoms with E-state index >= 15 is 0 Å². The van der Waals surface area contributed by atoms with Crippen molar-refractivity contribution < 1.29 is 4.79 Å². The zero-order valence-electron chi connectivity index (χ0n) is 13.3. The molecule has 0 bridgehead atoms. The number of rotatable bonds is 5. The van der Waals surface area contributed by atoms with E-state index in [9.17, 15) is 4.79 Å². The van der Waals surface area contributed by atoms with Crippen molar-refractivity contribution in [3.05, 3.63) is 59.9 Å². The van der Waals surface area contributed by atoms with Crippen molar-refractivity contribution in [1.82, 2.24) is 14.9 Å². The molecule has 2 heterocycles. The molecule has 0 saturated carbocycles. The van der Waals surface area contributed by atoms with Crippen LogP contribution in [0.5, 0.6) is 0 Å². The van der Waals surface area contributed by atoms with E-state index in [-0.39, 0.29) is 5.91 Å². The lowest BCUT2D eigenvalue weighted by molar-refractivity contribution is -0.127. The number of nitrogens with one attached hydrogen (secondary N) is 2. The van der Waals surface area contributed by atoms with Crippen LogP contribution >= 0.6 is 0 Å². The van der Waals surface area contributed by atoms with Crippen molar-refractivity contribution in [2.75, 3.05) is 19.4 Å². The molecule has 0 aliphatic rings. The third-order valence-electron chi connectivity index (χ3n) is 3.88. The van der Waals surface area contributed by atoms with Crippen molar-refractivity contribution >= 4 is 22.6 Å². The first kappa shape index (κ1) is 15.1. The van der Waals surface area contributed by atoms with Gasteiger partial charge in [-0.05, 0) is 29.3 Å². The van der Waals surface area contributed by atoms with Gasteiger partial charge in [0.25, 0.3) is 0 Å². The third-order valence-corrected chi connectivity index (χ3v) is 3.88. The van der Waals surface area contributed by atoms with Crippen molar-refractivity contribution in [2.24, 2.45) is 0 Å². The average Bonchev–Trinajstić information content (AvgIpc) is 3.03. The summed E-state index contributed by atoms with van der Waals surface area (Å²) >= 11 is 0. The molecular formula is C18H20N4O. The fraction of sp³-hybridized carbons (Fsp3) is 0.222. The van der Waals surface area contributed by atoms with Crippen molar-refractivity contribution in [3.8, 4) is 0 Å². The first-order valence-electron chi connectivity index (χ1n) is 7.58. The largest absolute Gasteiger partial charge is 0.381 e. The smallest absolute Gasteiger partial charge is 0.226 e. The second-order valence-electron chi connectivity index (χ2n) is 5.69. The number of benzene rings is 1. The summed E-state index contributed by atoms with van der Waals surface area (Å²) in [6.07, 6.45) is 4.09. The summed E-state index contributed by atoms with van der Waals surface area (Å²) in [6, 6.07) is 12.0. The number of hydrogen-bond acceptors (Lipinski definition) is 3. The number of likely N-dealkylation sites (N-methyl/N-ethyl adjacent to an activating group) is 1. The lowest BCUT2D eigenvalue weighted by Crippen LogP contribution is -2.23. The molecule has 0 aliphatic carbocycles. The number of aromatic amines is 1. The fourth-order valence-electron chi connectivity index (χ4n) is 2.53. The number of amides is 1. The molecule has 0 aliphatic heterocycles. The summed E-state index contributed by atoms with van der Waals surface area (Å²) < 4.78 is 0. The number of H-pyrrole nitrogens is 1. The lowest BCUT2D eigenvalue weighted by Gasteiger charge is -2.15. The number of carbonyl (C=O) groups excluding carboxylic acids is 1. The lowest BCUT2D eigenvalue weighted by atomic mass is 10.1. The molecule has 0 unspecified atom stereocenters. The monoisotopic (exact) mass is 308 g/mol. The number of fused-ring (bicyclic) bond motifs is 1. The first-order valence-corrected chi connectivity index (χ1v) is 7.58. The van der Waals surface area contributed by atoms with Gasteiger partial charge in [-0.25, -0.2) is 4.98 Å². The van der Waals surface area contributed by atoms with Crippen LogP contribution in [0.15, 0.2) is 48.8 Å². The van der Waals surface area contributed by atoms with Crippen LogP contribution in [-0.2, 0) is 17.8 Å². The number of aromatic nitrogens is 2.